The van der Waals surface area contributed by atoms with Gasteiger partial charge in [0.1, 0.15) is 17.6 Å². The molecule has 0 fully saturated rings. The van der Waals surface area contributed by atoms with Crippen molar-refractivity contribution in [2.45, 2.75) is 11.8 Å². The molecule has 0 aliphatic heterocycles. The first-order valence-corrected chi connectivity index (χ1v) is 10.1. The second-order valence-corrected chi connectivity index (χ2v) is 8.41. The molecule has 3 rings (SSSR count). The van der Waals surface area contributed by atoms with Gasteiger partial charge in [0.15, 0.2) is 4.91 Å². The molecule has 1 heterocycles. The van der Waals surface area contributed by atoms with Crippen molar-refractivity contribution in [2.24, 2.45) is 0 Å². The highest BCUT2D eigenvalue weighted by molar-refractivity contribution is 7.95. The molecule has 0 N–H and O–H groups in total. The highest BCUT2D eigenvalue weighted by Gasteiger charge is 2.22. The van der Waals surface area contributed by atoms with Gasteiger partial charge in [-0.3, -0.25) is 10.1 Å². The van der Waals surface area contributed by atoms with Gasteiger partial charge < -0.3 is 4.42 Å². The molecule has 29 heavy (non-hydrogen) atoms. The second-order valence-electron chi connectivity index (χ2n) is 6.06. The standard InChI is InChI=1S/C20H13ClN2O5S/c1-13-2-6-16(7-3-13)29(26,27)17(12-22)11-15-5-9-20(28-15)18-8-4-14(21)10-19(18)23(24)25/h2-11H,1H3. The lowest BCUT2D eigenvalue weighted by molar-refractivity contribution is -0.384. The maximum atomic E-state index is 12.7. The SMILES string of the molecule is Cc1ccc(S(=O)(=O)C(C#N)=Cc2ccc(-c3ccc(Cl)cc3[N+](=O)[O-])o2)cc1. The summed E-state index contributed by atoms with van der Waals surface area (Å²) in [7, 11) is -4.03. The van der Waals surface area contributed by atoms with Gasteiger partial charge in [-0.1, -0.05) is 29.3 Å². The number of nitro groups is 1. The molecule has 0 bridgehead atoms. The Kier molecular flexibility index (Phi) is 5.55. The van der Waals surface area contributed by atoms with Crippen LogP contribution in [-0.2, 0) is 9.84 Å². The highest BCUT2D eigenvalue weighted by Crippen LogP contribution is 2.34. The number of furan rings is 1. The van der Waals surface area contributed by atoms with Crippen molar-refractivity contribution in [3.63, 3.8) is 0 Å². The third-order valence-corrected chi connectivity index (χ3v) is 5.97. The number of aryl methyl sites for hydroxylation is 1. The molecular weight excluding hydrogens is 416 g/mol. The van der Waals surface area contributed by atoms with Crippen LogP contribution in [-0.4, -0.2) is 13.3 Å². The Balaban J connectivity index is 2.02. The number of hydrogen-bond acceptors (Lipinski definition) is 6. The summed E-state index contributed by atoms with van der Waals surface area (Å²) >= 11 is 5.81. The fourth-order valence-corrected chi connectivity index (χ4v) is 3.89. The number of allylic oxidation sites excluding steroid dienone is 1. The molecule has 0 spiro atoms. The number of nitriles is 1. The third-order valence-electron chi connectivity index (χ3n) is 4.05. The molecule has 0 saturated carbocycles. The van der Waals surface area contributed by atoms with Crippen LogP contribution < -0.4 is 0 Å². The minimum Gasteiger partial charge on any atom is -0.456 e. The topological polar surface area (TPSA) is 114 Å². The van der Waals surface area contributed by atoms with Crippen molar-refractivity contribution in [1.29, 1.82) is 5.26 Å². The van der Waals surface area contributed by atoms with Crippen LogP contribution in [0.25, 0.3) is 17.4 Å². The van der Waals surface area contributed by atoms with Crippen molar-refractivity contribution in [3.05, 3.63) is 86.0 Å². The van der Waals surface area contributed by atoms with Gasteiger partial charge in [0.05, 0.1) is 15.4 Å². The van der Waals surface area contributed by atoms with Crippen molar-refractivity contribution >= 4 is 33.2 Å². The molecule has 3 aromatic rings. The van der Waals surface area contributed by atoms with E-state index in [1.54, 1.807) is 18.2 Å². The fraction of sp³-hybridized carbons (Fsp3) is 0.0500. The van der Waals surface area contributed by atoms with E-state index in [0.29, 0.717) is 0 Å². The van der Waals surface area contributed by atoms with Crippen molar-refractivity contribution in [1.82, 2.24) is 0 Å². The summed E-state index contributed by atoms with van der Waals surface area (Å²) in [6.45, 7) is 1.82. The van der Waals surface area contributed by atoms with Crippen LogP contribution in [0.3, 0.4) is 0 Å². The predicted octanol–water partition coefficient (Wildman–Crippen LogP) is 5.16. The predicted molar refractivity (Wildman–Crippen MR) is 108 cm³/mol. The summed E-state index contributed by atoms with van der Waals surface area (Å²) in [5.74, 6) is 0.209. The Morgan fingerprint density at radius 3 is 2.48 bits per heavy atom. The van der Waals surface area contributed by atoms with E-state index in [-0.39, 0.29) is 32.7 Å². The first-order chi connectivity index (χ1) is 13.7. The molecule has 9 heteroatoms. The van der Waals surface area contributed by atoms with Crippen LogP contribution in [0.15, 0.2) is 68.8 Å². The molecule has 2 aromatic carbocycles. The summed E-state index contributed by atoms with van der Waals surface area (Å²) < 4.78 is 30.9. The Labute approximate surface area is 171 Å². The molecule has 1 aromatic heterocycles. The van der Waals surface area contributed by atoms with Crippen LogP contribution in [0, 0.1) is 28.4 Å². The Bertz CT molecular complexity index is 1270. The average molecular weight is 429 g/mol. The second kappa shape index (κ2) is 7.91. The van der Waals surface area contributed by atoms with Gasteiger partial charge in [0.25, 0.3) is 5.69 Å². The molecule has 0 aliphatic rings. The normalized spacial score (nSPS) is 11.8. The lowest BCUT2D eigenvalue weighted by atomic mass is 10.1. The Morgan fingerprint density at radius 2 is 1.86 bits per heavy atom. The van der Waals surface area contributed by atoms with Gasteiger partial charge in [0, 0.05) is 17.2 Å². The lowest BCUT2D eigenvalue weighted by Crippen LogP contribution is -2.03. The van der Waals surface area contributed by atoms with Gasteiger partial charge in [-0.05, 0) is 43.3 Å². The minimum absolute atomic E-state index is 0.0176. The van der Waals surface area contributed by atoms with Gasteiger partial charge in [-0.15, -0.1) is 0 Å². The highest BCUT2D eigenvalue weighted by atomic mass is 35.5. The zero-order chi connectivity index (χ0) is 21.2. The van der Waals surface area contributed by atoms with Crippen LogP contribution in [0.1, 0.15) is 11.3 Å². The molecule has 146 valence electrons. The van der Waals surface area contributed by atoms with Gasteiger partial charge >= 0.3 is 0 Å². The summed E-state index contributed by atoms with van der Waals surface area (Å²) in [5.41, 5.74) is 0.806. The molecule has 0 radical (unpaired) electrons. The Morgan fingerprint density at radius 1 is 1.17 bits per heavy atom. The molecule has 0 amide bonds. The maximum Gasteiger partial charge on any atom is 0.281 e. The van der Waals surface area contributed by atoms with Crippen LogP contribution >= 0.6 is 11.6 Å². The molecule has 7 nitrogen and oxygen atoms in total. The fourth-order valence-electron chi connectivity index (χ4n) is 2.58. The smallest absolute Gasteiger partial charge is 0.281 e. The molecule has 0 unspecified atom stereocenters. The maximum absolute atomic E-state index is 12.7. The van der Waals surface area contributed by atoms with Crippen LogP contribution in [0.4, 0.5) is 5.69 Å². The quantitative estimate of drug-likeness (QED) is 0.315. The van der Waals surface area contributed by atoms with Gasteiger partial charge in [0.2, 0.25) is 9.84 Å². The van der Waals surface area contributed by atoms with E-state index >= 15 is 0 Å². The minimum atomic E-state index is -4.03. The zero-order valence-electron chi connectivity index (χ0n) is 15.0. The summed E-state index contributed by atoms with van der Waals surface area (Å²) in [5, 5.41) is 20.8. The summed E-state index contributed by atoms with van der Waals surface area (Å²) in [6.07, 6.45) is 1.08. The number of hydrogen-bond donors (Lipinski definition) is 0. The number of benzene rings is 2. The Hall–Kier alpha value is -3.41. The lowest BCUT2D eigenvalue weighted by Gasteiger charge is -2.03. The first-order valence-electron chi connectivity index (χ1n) is 8.20. The van der Waals surface area contributed by atoms with Gasteiger partial charge in [-0.2, -0.15) is 5.26 Å². The number of halogens is 1. The van der Waals surface area contributed by atoms with Crippen LogP contribution in [0.5, 0.6) is 0 Å². The number of nitrogens with zero attached hydrogens (tertiary/aromatic N) is 2. The monoisotopic (exact) mass is 428 g/mol. The van der Waals surface area contributed by atoms with E-state index in [1.807, 2.05) is 6.92 Å². The summed E-state index contributed by atoms with van der Waals surface area (Å²) in [4.78, 5) is 10.1. The molecule has 0 saturated heterocycles. The first kappa shape index (κ1) is 20.3. The number of nitro benzene ring substituents is 1. The van der Waals surface area contributed by atoms with Crippen LogP contribution in [0.2, 0.25) is 5.02 Å². The average Bonchev–Trinajstić information content (AvgIpc) is 3.14. The number of rotatable bonds is 5. The molecular formula is C20H13ClN2O5S. The summed E-state index contributed by atoms with van der Waals surface area (Å²) in [6, 6.07) is 14.8. The van der Waals surface area contributed by atoms with Crippen molar-refractivity contribution in [3.8, 4) is 17.4 Å². The van der Waals surface area contributed by atoms with E-state index in [0.717, 1.165) is 11.6 Å². The molecule has 0 atom stereocenters. The largest absolute Gasteiger partial charge is 0.456 e. The third kappa shape index (κ3) is 4.21. The van der Waals surface area contributed by atoms with Crippen molar-refractivity contribution < 1.29 is 17.8 Å². The van der Waals surface area contributed by atoms with E-state index in [4.69, 9.17) is 16.0 Å². The van der Waals surface area contributed by atoms with E-state index in [2.05, 4.69) is 0 Å². The van der Waals surface area contributed by atoms with Gasteiger partial charge in [-0.25, -0.2) is 8.42 Å². The van der Waals surface area contributed by atoms with E-state index < -0.39 is 19.7 Å². The number of sulfone groups is 1. The zero-order valence-corrected chi connectivity index (χ0v) is 16.6. The van der Waals surface area contributed by atoms with E-state index in [9.17, 15) is 23.8 Å². The van der Waals surface area contributed by atoms with Crippen molar-refractivity contribution in [2.75, 3.05) is 0 Å². The molecule has 0 aliphatic carbocycles. The van der Waals surface area contributed by atoms with E-state index in [1.165, 1.54) is 42.5 Å².